The lowest BCUT2D eigenvalue weighted by molar-refractivity contribution is 0.414. The van der Waals surface area contributed by atoms with Gasteiger partial charge in [0.2, 0.25) is 5.89 Å². The molecule has 0 aliphatic heterocycles. The maximum Gasteiger partial charge on any atom is 0.276 e. The molecule has 0 atom stereocenters. The van der Waals surface area contributed by atoms with Gasteiger partial charge in [0.15, 0.2) is 0 Å². The number of nitrogens with zero attached hydrogens (tertiary/aromatic N) is 3. The monoisotopic (exact) mass is 261 g/mol. The molecule has 0 N–H and O–H groups in total. The van der Waals surface area contributed by atoms with E-state index in [1.165, 1.54) is 11.8 Å². The van der Waals surface area contributed by atoms with Gasteiger partial charge in [-0.25, -0.2) is 0 Å². The van der Waals surface area contributed by atoms with Crippen molar-refractivity contribution in [2.75, 3.05) is 12.9 Å². The molecule has 0 fully saturated rings. The Labute approximate surface area is 109 Å². The second kappa shape index (κ2) is 6.07. The molecule has 1 aromatic carbocycles. The quantitative estimate of drug-likeness (QED) is 0.608. The Morgan fingerprint density at radius 3 is 2.78 bits per heavy atom. The summed E-state index contributed by atoms with van der Waals surface area (Å²) >= 11 is 1.38. The summed E-state index contributed by atoms with van der Waals surface area (Å²) in [6, 6.07) is 9.45. The van der Waals surface area contributed by atoms with Gasteiger partial charge in [0, 0.05) is 17.7 Å². The summed E-state index contributed by atoms with van der Waals surface area (Å²) in [5.41, 5.74) is 0.843. The van der Waals surface area contributed by atoms with Crippen molar-refractivity contribution in [2.24, 2.45) is 0 Å². The Morgan fingerprint density at radius 2 is 2.11 bits per heavy atom. The van der Waals surface area contributed by atoms with Gasteiger partial charge in [0.05, 0.1) is 13.2 Å². The first-order chi connectivity index (χ1) is 8.83. The van der Waals surface area contributed by atoms with Crippen LogP contribution in [-0.2, 0) is 0 Å². The second-order valence-electron chi connectivity index (χ2n) is 3.36. The fourth-order valence-electron chi connectivity index (χ4n) is 1.30. The van der Waals surface area contributed by atoms with Crippen LogP contribution in [0.4, 0.5) is 0 Å². The lowest BCUT2D eigenvalue weighted by Crippen LogP contribution is -1.82. The van der Waals surface area contributed by atoms with E-state index in [1.807, 2.05) is 24.3 Å². The molecule has 0 spiro atoms. The lowest BCUT2D eigenvalue weighted by Gasteiger charge is -1.99. The SMILES string of the molecule is COc1ccc(-c2nnc(SCCC#N)o2)cc1. The topological polar surface area (TPSA) is 71.9 Å². The number of aromatic nitrogens is 2. The van der Waals surface area contributed by atoms with E-state index in [-0.39, 0.29) is 0 Å². The molecule has 0 saturated carbocycles. The standard InChI is InChI=1S/C12H11N3O2S/c1-16-10-5-3-9(4-6-10)11-14-15-12(17-11)18-8-2-7-13/h3-6H,2,8H2,1H3. The molecule has 92 valence electrons. The van der Waals surface area contributed by atoms with Crippen LogP contribution in [0.2, 0.25) is 0 Å². The van der Waals surface area contributed by atoms with Gasteiger partial charge in [-0.3, -0.25) is 0 Å². The van der Waals surface area contributed by atoms with Crippen molar-refractivity contribution in [3.05, 3.63) is 24.3 Å². The molecule has 0 unspecified atom stereocenters. The zero-order chi connectivity index (χ0) is 12.8. The van der Waals surface area contributed by atoms with Crippen LogP contribution in [0.25, 0.3) is 11.5 Å². The average molecular weight is 261 g/mol. The minimum absolute atomic E-state index is 0.463. The highest BCUT2D eigenvalue weighted by Gasteiger charge is 2.08. The highest BCUT2D eigenvalue weighted by Crippen LogP contribution is 2.24. The van der Waals surface area contributed by atoms with Crippen LogP contribution in [0.3, 0.4) is 0 Å². The maximum absolute atomic E-state index is 8.44. The number of hydrogen-bond donors (Lipinski definition) is 0. The third kappa shape index (κ3) is 3.02. The zero-order valence-corrected chi connectivity index (χ0v) is 10.6. The Bertz CT molecular complexity index is 545. The normalized spacial score (nSPS) is 10.0. The highest BCUT2D eigenvalue weighted by atomic mass is 32.2. The van der Waals surface area contributed by atoms with Gasteiger partial charge < -0.3 is 9.15 Å². The molecule has 1 aromatic heterocycles. The number of thioether (sulfide) groups is 1. The van der Waals surface area contributed by atoms with Crippen LogP contribution < -0.4 is 4.74 Å². The summed E-state index contributed by atoms with van der Waals surface area (Å²) < 4.78 is 10.6. The van der Waals surface area contributed by atoms with E-state index in [0.717, 1.165) is 11.3 Å². The molecule has 1 heterocycles. The molecular formula is C12H11N3O2S. The summed E-state index contributed by atoms with van der Waals surface area (Å²) in [7, 11) is 1.62. The fourth-order valence-corrected chi connectivity index (χ4v) is 1.91. The van der Waals surface area contributed by atoms with Gasteiger partial charge in [-0.1, -0.05) is 11.8 Å². The first-order valence-corrected chi connectivity index (χ1v) is 6.29. The summed E-state index contributed by atoms with van der Waals surface area (Å²) in [4.78, 5) is 0. The Morgan fingerprint density at radius 1 is 1.33 bits per heavy atom. The molecule has 0 aliphatic carbocycles. The minimum atomic E-state index is 0.463. The number of hydrogen-bond acceptors (Lipinski definition) is 6. The van der Waals surface area contributed by atoms with Gasteiger partial charge in [-0.2, -0.15) is 5.26 Å². The first-order valence-electron chi connectivity index (χ1n) is 5.31. The zero-order valence-electron chi connectivity index (χ0n) is 9.79. The molecule has 6 heteroatoms. The fraction of sp³-hybridized carbons (Fsp3) is 0.250. The summed E-state index contributed by atoms with van der Waals surface area (Å²) in [5.74, 6) is 1.90. The molecular weight excluding hydrogens is 250 g/mol. The lowest BCUT2D eigenvalue weighted by atomic mass is 10.2. The van der Waals surface area contributed by atoms with E-state index in [1.54, 1.807) is 7.11 Å². The van der Waals surface area contributed by atoms with Crippen molar-refractivity contribution in [2.45, 2.75) is 11.6 Å². The number of nitriles is 1. The number of rotatable bonds is 5. The summed E-state index contributed by atoms with van der Waals surface area (Å²) in [6.45, 7) is 0. The van der Waals surface area contributed by atoms with E-state index < -0.39 is 0 Å². The van der Waals surface area contributed by atoms with E-state index in [4.69, 9.17) is 14.4 Å². The third-order valence-corrected chi connectivity index (χ3v) is 3.00. The molecule has 2 aromatic rings. The average Bonchev–Trinajstić information content (AvgIpc) is 2.88. The van der Waals surface area contributed by atoms with Crippen molar-refractivity contribution in [3.8, 4) is 23.3 Å². The molecule has 0 aliphatic rings. The van der Waals surface area contributed by atoms with E-state index in [9.17, 15) is 0 Å². The molecule has 0 radical (unpaired) electrons. The summed E-state index contributed by atoms with van der Waals surface area (Å²) in [6.07, 6.45) is 0.463. The maximum atomic E-state index is 8.44. The van der Waals surface area contributed by atoms with Crippen LogP contribution in [0.1, 0.15) is 6.42 Å². The van der Waals surface area contributed by atoms with Crippen molar-refractivity contribution in [1.29, 1.82) is 5.26 Å². The van der Waals surface area contributed by atoms with Crippen LogP contribution in [0, 0.1) is 11.3 Å². The predicted octanol–water partition coefficient (Wildman–Crippen LogP) is 2.75. The minimum Gasteiger partial charge on any atom is -0.497 e. The van der Waals surface area contributed by atoms with E-state index >= 15 is 0 Å². The van der Waals surface area contributed by atoms with Crippen molar-refractivity contribution in [1.82, 2.24) is 10.2 Å². The number of benzene rings is 1. The van der Waals surface area contributed by atoms with Gasteiger partial charge in [0.1, 0.15) is 5.75 Å². The van der Waals surface area contributed by atoms with Gasteiger partial charge in [-0.15, -0.1) is 10.2 Å². The van der Waals surface area contributed by atoms with Gasteiger partial charge >= 0.3 is 0 Å². The van der Waals surface area contributed by atoms with E-state index in [2.05, 4.69) is 16.3 Å². The van der Waals surface area contributed by atoms with Crippen LogP contribution in [-0.4, -0.2) is 23.1 Å². The largest absolute Gasteiger partial charge is 0.497 e. The Kier molecular flexibility index (Phi) is 4.20. The van der Waals surface area contributed by atoms with Crippen molar-refractivity contribution >= 4 is 11.8 Å². The molecule has 0 amide bonds. The van der Waals surface area contributed by atoms with Crippen molar-refractivity contribution < 1.29 is 9.15 Å². The van der Waals surface area contributed by atoms with Gasteiger partial charge in [0.25, 0.3) is 5.22 Å². The Balaban J connectivity index is 2.06. The molecule has 2 rings (SSSR count). The Hall–Kier alpha value is -2.00. The third-order valence-electron chi connectivity index (χ3n) is 2.18. The van der Waals surface area contributed by atoms with Crippen LogP contribution in [0.15, 0.2) is 33.9 Å². The van der Waals surface area contributed by atoms with E-state index in [0.29, 0.717) is 23.3 Å². The highest BCUT2D eigenvalue weighted by molar-refractivity contribution is 7.99. The predicted molar refractivity (Wildman–Crippen MR) is 67.2 cm³/mol. The molecule has 18 heavy (non-hydrogen) atoms. The van der Waals surface area contributed by atoms with Gasteiger partial charge in [-0.05, 0) is 24.3 Å². The molecule has 5 nitrogen and oxygen atoms in total. The van der Waals surface area contributed by atoms with Crippen molar-refractivity contribution in [3.63, 3.8) is 0 Å². The number of ether oxygens (including phenoxy) is 1. The second-order valence-corrected chi connectivity index (χ2v) is 4.40. The molecule has 0 saturated heterocycles. The summed E-state index contributed by atoms with van der Waals surface area (Å²) in [5, 5.41) is 16.8. The van der Waals surface area contributed by atoms with Crippen LogP contribution >= 0.6 is 11.8 Å². The van der Waals surface area contributed by atoms with Crippen LogP contribution in [0.5, 0.6) is 5.75 Å². The number of methoxy groups -OCH3 is 1. The molecule has 0 bridgehead atoms. The first kappa shape index (κ1) is 12.5. The smallest absolute Gasteiger partial charge is 0.276 e.